The smallest absolute Gasteiger partial charge is 0.350 e. The number of benzene rings is 4. The fraction of sp³-hybridized carbons (Fsp3) is 0.429. The molecule has 0 saturated carbocycles. The van der Waals surface area contributed by atoms with Crippen LogP contribution in [0.1, 0.15) is 92.5 Å². The van der Waals surface area contributed by atoms with Gasteiger partial charge in [-0.15, -0.1) is 12.3 Å². The highest BCUT2D eigenvalue weighted by Gasteiger charge is 2.51. The van der Waals surface area contributed by atoms with Crippen molar-refractivity contribution in [2.75, 3.05) is 47.3 Å². The third kappa shape index (κ3) is 13.4. The van der Waals surface area contributed by atoms with Crippen LogP contribution in [0.4, 0.5) is 0 Å². The number of terminal acetylenes is 1. The first-order chi connectivity index (χ1) is 34.0. The van der Waals surface area contributed by atoms with E-state index in [9.17, 15) is 14.4 Å². The molecule has 71 heavy (non-hydrogen) atoms. The molecular formula is C56H68N3O11P. The van der Waals surface area contributed by atoms with Gasteiger partial charge in [0.05, 0.1) is 46.2 Å². The molecular weight excluding hydrogens is 922 g/mol. The minimum absolute atomic E-state index is 0.0789. The molecule has 5 aromatic rings. The number of ether oxygens (including phenoxy) is 7. The third-order valence-corrected chi connectivity index (χ3v) is 14.7. The minimum atomic E-state index is -1.82. The van der Waals surface area contributed by atoms with Crippen molar-refractivity contribution < 1.29 is 47.3 Å². The Labute approximate surface area is 419 Å². The van der Waals surface area contributed by atoms with Crippen LogP contribution in [0, 0.1) is 19.3 Å². The van der Waals surface area contributed by atoms with Crippen molar-refractivity contribution >= 4 is 20.1 Å². The number of nitrogens with zero attached hydrogens (tertiary/aromatic N) is 3. The number of aryl methyl sites for hydroxylation is 1. The Hall–Kier alpha value is -5.75. The number of esters is 1. The fourth-order valence-electron chi connectivity index (χ4n) is 8.92. The average Bonchev–Trinajstić information content (AvgIpc) is 3.68. The topological polar surface area (TPSA) is 146 Å². The molecule has 1 aliphatic heterocycles. The van der Waals surface area contributed by atoms with Gasteiger partial charge in [0, 0.05) is 37.4 Å². The Kier molecular flexibility index (Phi) is 19.3. The van der Waals surface area contributed by atoms with Crippen LogP contribution in [0.5, 0.6) is 11.5 Å². The zero-order valence-corrected chi connectivity index (χ0v) is 43.4. The number of Topliss-reactive ketones (excluding diaryl/α,β-unsaturated/α-hetero) is 1. The molecule has 1 saturated heterocycles. The van der Waals surface area contributed by atoms with E-state index in [2.05, 4.69) is 15.6 Å². The number of hydrogen-bond acceptors (Lipinski definition) is 13. The molecule has 6 rings (SSSR count). The standard InChI is InChI=1S/C56H68N3O11P/c1-12-31-55(7,8)69-50(61)37-71(59(38(2)3)39(4)5)70-51-49(36-67-56(42-21-17-14-18-22-42,43-23-27-45(64-10)28-24-43)44-25-29-46(65-11)30-26-44)68-53(52(51)66-33-32-63-9)58-35-40(6)47(57-54(58)62)34-48(60)41-19-15-13-16-20-41/h1,13-30,35,38-39,49,51-53H,31-34,36-37H2,2-11H3/t49-,51+,52?,53-,71?/m1/s1. The molecule has 0 amide bonds. The van der Waals surface area contributed by atoms with E-state index in [4.69, 9.17) is 44.1 Å². The molecule has 2 unspecified atom stereocenters. The number of ketones is 1. The van der Waals surface area contributed by atoms with Gasteiger partial charge in [0.2, 0.25) is 0 Å². The molecule has 0 bridgehead atoms. The highest BCUT2D eigenvalue weighted by atomic mass is 31.2. The van der Waals surface area contributed by atoms with Crippen LogP contribution in [0.2, 0.25) is 0 Å². The quantitative estimate of drug-likeness (QED) is 0.0137. The number of methoxy groups -OCH3 is 3. The molecule has 14 nitrogen and oxygen atoms in total. The Balaban J connectivity index is 1.51. The van der Waals surface area contributed by atoms with Crippen molar-refractivity contribution in [1.82, 2.24) is 14.2 Å². The molecule has 1 fully saturated rings. The Morgan fingerprint density at radius 3 is 1.92 bits per heavy atom. The van der Waals surface area contributed by atoms with Crippen LogP contribution < -0.4 is 15.2 Å². The van der Waals surface area contributed by atoms with Gasteiger partial charge >= 0.3 is 11.7 Å². The van der Waals surface area contributed by atoms with Crippen molar-refractivity contribution in [1.29, 1.82) is 0 Å². The highest BCUT2D eigenvalue weighted by molar-refractivity contribution is 7.51. The molecule has 0 aliphatic carbocycles. The zero-order chi connectivity index (χ0) is 51.3. The van der Waals surface area contributed by atoms with Crippen molar-refractivity contribution in [3.8, 4) is 23.8 Å². The average molecular weight is 990 g/mol. The predicted octanol–water partition coefficient (Wildman–Crippen LogP) is 9.09. The van der Waals surface area contributed by atoms with Gasteiger partial charge in [0.25, 0.3) is 0 Å². The summed E-state index contributed by atoms with van der Waals surface area (Å²) in [6.07, 6.45) is 3.31. The number of carbonyl (C=O) groups is 2. The van der Waals surface area contributed by atoms with Crippen LogP contribution in [-0.2, 0) is 45.0 Å². The maximum Gasteiger partial charge on any atom is 0.350 e. The maximum atomic E-state index is 14.4. The summed E-state index contributed by atoms with van der Waals surface area (Å²) in [4.78, 5) is 46.3. The molecule has 0 N–H and O–H groups in total. The Morgan fingerprint density at radius 2 is 1.38 bits per heavy atom. The van der Waals surface area contributed by atoms with Crippen LogP contribution in [0.3, 0.4) is 0 Å². The summed E-state index contributed by atoms with van der Waals surface area (Å²) in [6, 6.07) is 34.0. The van der Waals surface area contributed by atoms with Crippen molar-refractivity contribution in [2.45, 2.75) is 109 Å². The van der Waals surface area contributed by atoms with Crippen LogP contribution in [0.15, 0.2) is 120 Å². The minimum Gasteiger partial charge on any atom is -0.497 e. The van der Waals surface area contributed by atoms with Crippen molar-refractivity contribution in [3.05, 3.63) is 159 Å². The first-order valence-corrected chi connectivity index (χ1v) is 25.2. The molecule has 1 aliphatic rings. The van der Waals surface area contributed by atoms with Gasteiger partial charge < -0.3 is 37.7 Å². The largest absolute Gasteiger partial charge is 0.497 e. The summed E-state index contributed by atoms with van der Waals surface area (Å²) in [5, 5.41) is 0. The lowest BCUT2D eigenvalue weighted by atomic mass is 9.80. The Morgan fingerprint density at radius 1 is 0.817 bits per heavy atom. The summed E-state index contributed by atoms with van der Waals surface area (Å²) < 4.78 is 54.8. The summed E-state index contributed by atoms with van der Waals surface area (Å²) in [5.74, 6) is 3.28. The zero-order valence-electron chi connectivity index (χ0n) is 42.5. The first-order valence-electron chi connectivity index (χ1n) is 23.8. The van der Waals surface area contributed by atoms with Crippen molar-refractivity contribution in [3.63, 3.8) is 0 Å². The van der Waals surface area contributed by atoms with Gasteiger partial charge in [-0.1, -0.05) is 84.9 Å². The molecule has 4 aromatic carbocycles. The molecule has 0 radical (unpaired) electrons. The molecule has 5 atom stereocenters. The SMILES string of the molecule is C#CCC(C)(C)OC(=O)CP(O[C@@H]1C(OCCOC)[C@H](n2cc(C)c(CC(=O)c3ccccc3)nc2=O)O[C@@H]1COC(c1ccccc1)(c1ccc(OC)cc1)c1ccc(OC)cc1)N(C(C)C)C(C)C. The summed E-state index contributed by atoms with van der Waals surface area (Å²) >= 11 is 0. The lowest BCUT2D eigenvalue weighted by molar-refractivity contribution is -0.152. The molecule has 2 heterocycles. The summed E-state index contributed by atoms with van der Waals surface area (Å²) in [6.45, 7) is 13.7. The third-order valence-electron chi connectivity index (χ3n) is 12.2. The van der Waals surface area contributed by atoms with E-state index < -0.39 is 55.7 Å². The molecule has 15 heteroatoms. The predicted molar refractivity (Wildman–Crippen MR) is 274 cm³/mol. The van der Waals surface area contributed by atoms with Gasteiger partial charge in [0.1, 0.15) is 55.5 Å². The number of rotatable bonds is 25. The van der Waals surface area contributed by atoms with Gasteiger partial charge in [0.15, 0.2) is 12.0 Å². The second-order valence-electron chi connectivity index (χ2n) is 18.5. The number of aromatic nitrogens is 2. The second-order valence-corrected chi connectivity index (χ2v) is 20.2. The summed E-state index contributed by atoms with van der Waals surface area (Å²) in [7, 11) is 2.99. The highest BCUT2D eigenvalue weighted by Crippen LogP contribution is 2.51. The fourth-order valence-corrected chi connectivity index (χ4v) is 11.1. The van der Waals surface area contributed by atoms with Crippen LogP contribution in [0.25, 0.3) is 0 Å². The van der Waals surface area contributed by atoms with Gasteiger partial charge in [-0.25, -0.2) is 4.79 Å². The van der Waals surface area contributed by atoms with E-state index >= 15 is 0 Å². The van der Waals surface area contributed by atoms with E-state index in [-0.39, 0.29) is 56.7 Å². The molecule has 0 spiro atoms. The number of hydrogen-bond donors (Lipinski definition) is 0. The van der Waals surface area contributed by atoms with E-state index in [1.54, 1.807) is 72.6 Å². The van der Waals surface area contributed by atoms with Gasteiger partial charge in [-0.2, -0.15) is 4.98 Å². The van der Waals surface area contributed by atoms with E-state index in [1.807, 2.05) is 113 Å². The lowest BCUT2D eigenvalue weighted by Gasteiger charge is -2.40. The van der Waals surface area contributed by atoms with E-state index in [0.717, 1.165) is 16.7 Å². The molecule has 378 valence electrons. The number of carbonyl (C=O) groups excluding carboxylic acids is 2. The van der Waals surface area contributed by atoms with E-state index in [0.29, 0.717) is 28.3 Å². The first kappa shape index (κ1) is 54.6. The van der Waals surface area contributed by atoms with Crippen LogP contribution in [-0.4, -0.2) is 109 Å². The maximum absolute atomic E-state index is 14.4. The molecule has 1 aromatic heterocycles. The van der Waals surface area contributed by atoms with Crippen LogP contribution >= 0.6 is 8.30 Å². The van der Waals surface area contributed by atoms with Gasteiger partial charge in [-0.05, 0) is 95.0 Å². The normalized spacial score (nSPS) is 17.6. The van der Waals surface area contributed by atoms with Gasteiger partial charge in [-0.3, -0.25) is 18.8 Å². The Bertz CT molecular complexity index is 2540. The lowest BCUT2D eigenvalue weighted by Crippen LogP contribution is -2.44. The second kappa shape index (κ2) is 25.1. The van der Waals surface area contributed by atoms with E-state index in [1.165, 1.54) is 4.57 Å². The summed E-state index contributed by atoms with van der Waals surface area (Å²) in [5.41, 5.74) is 1.000. The monoisotopic (exact) mass is 989 g/mol. The van der Waals surface area contributed by atoms with Crippen molar-refractivity contribution in [2.24, 2.45) is 0 Å².